The van der Waals surface area contributed by atoms with Gasteiger partial charge in [0.25, 0.3) is 0 Å². The van der Waals surface area contributed by atoms with Gasteiger partial charge in [-0.05, 0) is 29.3 Å². The number of pyridine rings is 1. The first-order valence-corrected chi connectivity index (χ1v) is 6.54. The van der Waals surface area contributed by atoms with E-state index in [-0.39, 0.29) is 5.52 Å². The highest BCUT2D eigenvalue weighted by molar-refractivity contribution is 5.66. The first-order valence-electron chi connectivity index (χ1n) is 6.54. The summed E-state index contributed by atoms with van der Waals surface area (Å²) in [6.07, 6.45) is -7.11. The molecule has 0 atom stereocenters. The summed E-state index contributed by atoms with van der Waals surface area (Å²) in [4.78, 5) is 3.35. The molecule has 2 aromatic heterocycles. The number of alkyl halides is 6. The zero-order valence-electron chi connectivity index (χ0n) is 11.7. The van der Waals surface area contributed by atoms with E-state index >= 15 is 0 Å². The predicted octanol–water partition coefficient (Wildman–Crippen LogP) is 4.92. The van der Waals surface area contributed by atoms with E-state index in [4.69, 9.17) is 0 Å². The van der Waals surface area contributed by atoms with Crippen molar-refractivity contribution in [1.82, 2.24) is 9.38 Å². The van der Waals surface area contributed by atoms with Gasteiger partial charge in [-0.1, -0.05) is 18.2 Å². The molecule has 0 N–H and O–H groups in total. The van der Waals surface area contributed by atoms with E-state index in [9.17, 15) is 26.3 Å². The number of rotatable bonds is 2. The van der Waals surface area contributed by atoms with Crippen molar-refractivity contribution >= 4 is 5.52 Å². The van der Waals surface area contributed by atoms with E-state index in [1.165, 1.54) is 24.4 Å². The summed E-state index contributed by atoms with van der Waals surface area (Å²) in [5, 5.41) is 0. The van der Waals surface area contributed by atoms with Gasteiger partial charge in [-0.15, -0.1) is 13.2 Å². The van der Waals surface area contributed by atoms with Gasteiger partial charge >= 0.3 is 12.5 Å². The second-order valence-corrected chi connectivity index (χ2v) is 4.86. The highest BCUT2D eigenvalue weighted by atomic mass is 19.4. The van der Waals surface area contributed by atoms with Crippen LogP contribution in [-0.2, 0) is 6.18 Å². The van der Waals surface area contributed by atoms with E-state index in [0.29, 0.717) is 11.1 Å². The standard InChI is InChI=1S/C15H8F6N2O/c16-14(17,18)13-22-7-11-4-1-10(8-23(11)13)9-2-5-12(6-3-9)24-15(19,20)21/h1-8H. The van der Waals surface area contributed by atoms with Crippen LogP contribution in [0.4, 0.5) is 26.3 Å². The third-order valence-corrected chi connectivity index (χ3v) is 3.20. The number of aromatic nitrogens is 2. The highest BCUT2D eigenvalue weighted by Crippen LogP contribution is 2.31. The summed E-state index contributed by atoms with van der Waals surface area (Å²) >= 11 is 0. The van der Waals surface area contributed by atoms with Crippen molar-refractivity contribution in [2.45, 2.75) is 12.5 Å². The third kappa shape index (κ3) is 3.29. The molecule has 2 heterocycles. The van der Waals surface area contributed by atoms with Gasteiger partial charge in [0, 0.05) is 6.20 Å². The molecule has 0 aliphatic carbocycles. The van der Waals surface area contributed by atoms with Crippen LogP contribution in [0.2, 0.25) is 0 Å². The molecule has 0 saturated heterocycles. The Morgan fingerprint density at radius 3 is 2.04 bits per heavy atom. The van der Waals surface area contributed by atoms with Crippen molar-refractivity contribution in [3.63, 3.8) is 0 Å². The zero-order valence-corrected chi connectivity index (χ0v) is 11.7. The lowest BCUT2D eigenvalue weighted by molar-refractivity contribution is -0.274. The van der Waals surface area contributed by atoms with Gasteiger partial charge in [0.2, 0.25) is 5.82 Å². The van der Waals surface area contributed by atoms with E-state index in [0.717, 1.165) is 22.7 Å². The summed E-state index contributed by atoms with van der Waals surface area (Å²) in [5.74, 6) is -1.48. The Balaban J connectivity index is 1.97. The van der Waals surface area contributed by atoms with Gasteiger partial charge in [0.1, 0.15) is 5.75 Å². The van der Waals surface area contributed by atoms with Crippen LogP contribution in [0.3, 0.4) is 0 Å². The topological polar surface area (TPSA) is 26.5 Å². The maximum atomic E-state index is 12.9. The Morgan fingerprint density at radius 1 is 0.833 bits per heavy atom. The number of ether oxygens (including phenoxy) is 1. The second kappa shape index (κ2) is 5.43. The minimum atomic E-state index is -4.81. The van der Waals surface area contributed by atoms with Crippen LogP contribution in [0, 0.1) is 0 Å². The summed E-state index contributed by atoms with van der Waals surface area (Å²) in [5.41, 5.74) is 1.08. The van der Waals surface area contributed by atoms with Crippen LogP contribution < -0.4 is 4.74 Å². The average molecular weight is 346 g/mol. The number of benzene rings is 1. The molecule has 3 aromatic rings. The first kappa shape index (κ1) is 16.2. The molecule has 0 aliphatic rings. The summed E-state index contributed by atoms with van der Waals surface area (Å²) in [7, 11) is 0. The van der Waals surface area contributed by atoms with Gasteiger partial charge in [0.05, 0.1) is 11.7 Å². The lowest BCUT2D eigenvalue weighted by atomic mass is 10.1. The minimum Gasteiger partial charge on any atom is -0.406 e. The molecule has 1 aromatic carbocycles. The van der Waals surface area contributed by atoms with E-state index in [1.54, 1.807) is 6.07 Å². The molecular weight excluding hydrogens is 338 g/mol. The van der Waals surface area contributed by atoms with Crippen LogP contribution in [0.15, 0.2) is 48.8 Å². The van der Waals surface area contributed by atoms with Crippen molar-refractivity contribution < 1.29 is 31.1 Å². The van der Waals surface area contributed by atoms with Gasteiger partial charge in [-0.25, -0.2) is 4.98 Å². The van der Waals surface area contributed by atoms with Crippen molar-refractivity contribution in [3.05, 3.63) is 54.6 Å². The maximum absolute atomic E-state index is 12.9. The largest absolute Gasteiger partial charge is 0.573 e. The van der Waals surface area contributed by atoms with Crippen molar-refractivity contribution in [3.8, 4) is 16.9 Å². The summed E-state index contributed by atoms with van der Waals surface area (Å²) in [6.45, 7) is 0. The summed E-state index contributed by atoms with van der Waals surface area (Å²) < 4.78 is 79.7. The van der Waals surface area contributed by atoms with Crippen molar-refractivity contribution in [1.29, 1.82) is 0 Å². The quantitative estimate of drug-likeness (QED) is 0.616. The van der Waals surface area contributed by atoms with E-state index in [2.05, 4.69) is 9.72 Å². The first-order chi connectivity index (χ1) is 11.1. The lowest BCUT2D eigenvalue weighted by Crippen LogP contribution is -2.16. The molecule has 0 unspecified atom stereocenters. The fourth-order valence-electron chi connectivity index (χ4n) is 2.22. The molecule has 9 heteroatoms. The van der Waals surface area contributed by atoms with Crippen molar-refractivity contribution in [2.24, 2.45) is 0 Å². The van der Waals surface area contributed by atoms with Crippen LogP contribution in [0.1, 0.15) is 5.82 Å². The van der Waals surface area contributed by atoms with Crippen LogP contribution in [0.5, 0.6) is 5.75 Å². The number of nitrogens with zero attached hydrogens (tertiary/aromatic N) is 2. The Kier molecular flexibility index (Phi) is 3.66. The third-order valence-electron chi connectivity index (χ3n) is 3.20. The van der Waals surface area contributed by atoms with Crippen LogP contribution >= 0.6 is 0 Å². The zero-order chi connectivity index (χ0) is 17.5. The fraction of sp³-hybridized carbons (Fsp3) is 0.133. The Bertz CT molecular complexity index is 864. The van der Waals surface area contributed by atoms with Gasteiger partial charge < -0.3 is 4.74 Å². The van der Waals surface area contributed by atoms with Gasteiger partial charge in [0.15, 0.2) is 0 Å². The molecule has 0 fully saturated rings. The molecule has 0 aliphatic heterocycles. The molecule has 0 radical (unpaired) electrons. The molecule has 0 bridgehead atoms. The Morgan fingerprint density at radius 2 is 1.46 bits per heavy atom. The number of halogens is 6. The van der Waals surface area contributed by atoms with Gasteiger partial charge in [-0.2, -0.15) is 13.2 Å². The molecule has 3 nitrogen and oxygen atoms in total. The number of imidazole rings is 1. The highest BCUT2D eigenvalue weighted by Gasteiger charge is 2.36. The molecule has 0 saturated carbocycles. The SMILES string of the molecule is FC(F)(F)Oc1ccc(-c2ccc3cnc(C(F)(F)F)n3c2)cc1. The van der Waals surface area contributed by atoms with Crippen LogP contribution in [-0.4, -0.2) is 15.7 Å². The molecule has 3 rings (SSSR count). The molecule has 126 valence electrons. The lowest BCUT2D eigenvalue weighted by Gasteiger charge is -2.10. The Hall–Kier alpha value is -2.71. The fourth-order valence-corrected chi connectivity index (χ4v) is 2.22. The monoisotopic (exact) mass is 346 g/mol. The molecule has 0 spiro atoms. The normalized spacial score (nSPS) is 12.6. The number of hydrogen-bond acceptors (Lipinski definition) is 2. The number of hydrogen-bond donors (Lipinski definition) is 0. The maximum Gasteiger partial charge on any atom is 0.573 e. The van der Waals surface area contributed by atoms with Gasteiger partial charge in [-0.3, -0.25) is 4.40 Å². The predicted molar refractivity (Wildman–Crippen MR) is 72.3 cm³/mol. The smallest absolute Gasteiger partial charge is 0.406 e. The second-order valence-electron chi connectivity index (χ2n) is 4.86. The van der Waals surface area contributed by atoms with Crippen LogP contribution in [0.25, 0.3) is 16.6 Å². The molecule has 0 amide bonds. The minimum absolute atomic E-state index is 0.253. The van der Waals surface area contributed by atoms with Crippen molar-refractivity contribution in [2.75, 3.05) is 0 Å². The molecule has 24 heavy (non-hydrogen) atoms. The van der Waals surface area contributed by atoms with E-state index in [1.807, 2.05) is 0 Å². The average Bonchev–Trinajstić information content (AvgIpc) is 2.89. The number of fused-ring (bicyclic) bond motifs is 1. The Labute approximate surface area is 131 Å². The molecular formula is C15H8F6N2O. The summed E-state index contributed by atoms with van der Waals surface area (Å²) in [6, 6.07) is 7.82. The van der Waals surface area contributed by atoms with E-state index < -0.39 is 24.1 Å².